The van der Waals surface area contributed by atoms with Gasteiger partial charge in [0, 0.05) is 29.0 Å². The number of amides is 1. The number of carbonyl (C=O) groups excluding carboxylic acids is 1. The van der Waals surface area contributed by atoms with E-state index >= 15 is 0 Å². The Kier molecular flexibility index (Phi) is 5.43. The Labute approximate surface area is 127 Å². The second-order valence-corrected chi connectivity index (χ2v) is 6.03. The summed E-state index contributed by atoms with van der Waals surface area (Å²) in [6.07, 6.45) is 2.59. The molecule has 110 valence electrons. The first-order valence-electron chi connectivity index (χ1n) is 6.95. The molecule has 0 aromatic heterocycles. The minimum absolute atomic E-state index is 0.0830. The van der Waals surface area contributed by atoms with Crippen molar-refractivity contribution < 1.29 is 14.6 Å². The molecule has 1 fully saturated rings. The third kappa shape index (κ3) is 4.21. The molecule has 0 unspecified atom stereocenters. The summed E-state index contributed by atoms with van der Waals surface area (Å²) in [7, 11) is 0. The number of hydrogen-bond donors (Lipinski definition) is 2. The molecule has 0 radical (unpaired) electrons. The van der Waals surface area contributed by atoms with Crippen LogP contribution in [0.3, 0.4) is 0 Å². The minimum atomic E-state index is -0.0830. The van der Waals surface area contributed by atoms with Crippen LogP contribution in [0.4, 0.5) is 0 Å². The molecule has 1 atom stereocenters. The number of rotatable bonds is 7. The largest absolute Gasteiger partial charge is 0.493 e. The summed E-state index contributed by atoms with van der Waals surface area (Å²) in [5.74, 6) is 1.07. The van der Waals surface area contributed by atoms with Gasteiger partial charge in [-0.1, -0.05) is 22.0 Å². The zero-order valence-corrected chi connectivity index (χ0v) is 13.1. The van der Waals surface area contributed by atoms with E-state index in [0.717, 1.165) is 28.6 Å². The van der Waals surface area contributed by atoms with Gasteiger partial charge in [0.2, 0.25) is 5.91 Å². The monoisotopic (exact) mass is 341 g/mol. The van der Waals surface area contributed by atoms with Crippen molar-refractivity contribution in [3.8, 4) is 5.75 Å². The average molecular weight is 342 g/mol. The zero-order valence-electron chi connectivity index (χ0n) is 11.6. The number of ether oxygens (including phenoxy) is 1. The molecule has 1 aromatic carbocycles. The number of carbonyl (C=O) groups is 1. The summed E-state index contributed by atoms with van der Waals surface area (Å²) < 4.78 is 6.63. The van der Waals surface area contributed by atoms with Gasteiger partial charge in [-0.15, -0.1) is 0 Å². The molecule has 1 amide bonds. The fourth-order valence-electron chi connectivity index (χ4n) is 1.99. The number of nitrogens with one attached hydrogen (secondary N) is 1. The van der Waals surface area contributed by atoms with Crippen LogP contribution in [0.5, 0.6) is 5.75 Å². The fraction of sp³-hybridized carbons (Fsp3) is 0.533. The van der Waals surface area contributed by atoms with Crippen molar-refractivity contribution >= 4 is 21.8 Å². The maximum Gasteiger partial charge on any atom is 0.223 e. The summed E-state index contributed by atoms with van der Waals surface area (Å²) >= 11 is 3.42. The van der Waals surface area contributed by atoms with E-state index in [0.29, 0.717) is 13.0 Å². The maximum absolute atomic E-state index is 11.8. The SMILES string of the molecule is C[C@H](NC(=O)C1CC1)c1ccc(Br)cc1OCCCO. The van der Waals surface area contributed by atoms with Crippen LogP contribution in [0.2, 0.25) is 0 Å². The summed E-state index contributed by atoms with van der Waals surface area (Å²) in [5, 5.41) is 11.8. The molecule has 0 spiro atoms. The summed E-state index contributed by atoms with van der Waals surface area (Å²) in [4.78, 5) is 11.8. The van der Waals surface area contributed by atoms with Gasteiger partial charge in [0.25, 0.3) is 0 Å². The standard InChI is InChI=1S/C15H20BrNO3/c1-10(17-15(19)11-3-4-11)13-6-5-12(16)9-14(13)20-8-2-7-18/h5-6,9-11,18H,2-4,7-8H2,1H3,(H,17,19)/t10-/m0/s1. The molecule has 4 nitrogen and oxygen atoms in total. The number of aliphatic hydroxyl groups is 1. The van der Waals surface area contributed by atoms with Gasteiger partial charge in [-0.05, 0) is 31.9 Å². The lowest BCUT2D eigenvalue weighted by molar-refractivity contribution is -0.122. The second kappa shape index (κ2) is 7.09. The third-order valence-corrected chi connectivity index (χ3v) is 3.80. The first kappa shape index (κ1) is 15.3. The Morgan fingerprint density at radius 2 is 2.30 bits per heavy atom. The number of benzene rings is 1. The van der Waals surface area contributed by atoms with Gasteiger partial charge in [-0.25, -0.2) is 0 Å². The van der Waals surface area contributed by atoms with Crippen LogP contribution in [-0.2, 0) is 4.79 Å². The summed E-state index contributed by atoms with van der Waals surface area (Å²) in [6, 6.07) is 5.71. The van der Waals surface area contributed by atoms with E-state index in [2.05, 4.69) is 21.2 Å². The number of halogens is 1. The lowest BCUT2D eigenvalue weighted by Crippen LogP contribution is -2.28. The molecule has 0 heterocycles. The molecule has 2 N–H and O–H groups in total. The summed E-state index contributed by atoms with van der Waals surface area (Å²) in [6.45, 7) is 2.53. The van der Waals surface area contributed by atoms with Crippen molar-refractivity contribution in [2.45, 2.75) is 32.2 Å². The van der Waals surface area contributed by atoms with Gasteiger partial charge in [-0.2, -0.15) is 0 Å². The predicted octanol–water partition coefficient (Wildman–Crippen LogP) is 2.80. The summed E-state index contributed by atoms with van der Waals surface area (Å²) in [5.41, 5.74) is 0.958. The number of aliphatic hydroxyl groups excluding tert-OH is 1. The molecule has 2 rings (SSSR count). The van der Waals surface area contributed by atoms with Crippen LogP contribution in [0.15, 0.2) is 22.7 Å². The second-order valence-electron chi connectivity index (χ2n) is 5.11. The molecular formula is C15H20BrNO3. The van der Waals surface area contributed by atoms with E-state index < -0.39 is 0 Å². The van der Waals surface area contributed by atoms with Gasteiger partial charge in [0.05, 0.1) is 12.6 Å². The van der Waals surface area contributed by atoms with Crippen molar-refractivity contribution in [1.29, 1.82) is 0 Å². The quantitative estimate of drug-likeness (QED) is 0.749. The van der Waals surface area contributed by atoms with Crippen molar-refractivity contribution in [3.05, 3.63) is 28.2 Å². The topological polar surface area (TPSA) is 58.6 Å². The third-order valence-electron chi connectivity index (χ3n) is 3.31. The van der Waals surface area contributed by atoms with E-state index in [1.54, 1.807) is 0 Å². The Hall–Kier alpha value is -1.07. The van der Waals surface area contributed by atoms with Gasteiger partial charge < -0.3 is 15.2 Å². The highest BCUT2D eigenvalue weighted by Gasteiger charge is 2.30. The van der Waals surface area contributed by atoms with Crippen LogP contribution in [0.25, 0.3) is 0 Å². The molecule has 20 heavy (non-hydrogen) atoms. The van der Waals surface area contributed by atoms with Crippen molar-refractivity contribution in [2.24, 2.45) is 5.92 Å². The Morgan fingerprint density at radius 1 is 1.55 bits per heavy atom. The van der Waals surface area contributed by atoms with Gasteiger partial charge in [0.1, 0.15) is 5.75 Å². The average Bonchev–Trinajstić information content (AvgIpc) is 3.23. The van der Waals surface area contributed by atoms with Crippen molar-refractivity contribution in [1.82, 2.24) is 5.32 Å². The van der Waals surface area contributed by atoms with Gasteiger partial charge in [0.15, 0.2) is 0 Å². The molecule has 0 saturated heterocycles. The van der Waals surface area contributed by atoms with E-state index in [4.69, 9.17) is 9.84 Å². The van der Waals surface area contributed by atoms with Crippen LogP contribution < -0.4 is 10.1 Å². The molecule has 0 aliphatic heterocycles. The Morgan fingerprint density at radius 3 is 2.95 bits per heavy atom. The van der Waals surface area contributed by atoms with E-state index in [1.165, 1.54) is 0 Å². The van der Waals surface area contributed by atoms with Gasteiger partial charge >= 0.3 is 0 Å². The van der Waals surface area contributed by atoms with Crippen molar-refractivity contribution in [3.63, 3.8) is 0 Å². The first-order valence-corrected chi connectivity index (χ1v) is 7.74. The first-order chi connectivity index (χ1) is 9.61. The molecule has 1 aromatic rings. The van der Waals surface area contributed by atoms with Crippen LogP contribution in [-0.4, -0.2) is 24.2 Å². The maximum atomic E-state index is 11.8. The van der Waals surface area contributed by atoms with E-state index in [1.807, 2.05) is 25.1 Å². The molecule has 0 bridgehead atoms. The highest BCUT2D eigenvalue weighted by Crippen LogP contribution is 2.32. The van der Waals surface area contributed by atoms with Crippen molar-refractivity contribution in [2.75, 3.05) is 13.2 Å². The minimum Gasteiger partial charge on any atom is -0.493 e. The molecular weight excluding hydrogens is 322 g/mol. The van der Waals surface area contributed by atoms with Crippen LogP contribution in [0.1, 0.15) is 37.8 Å². The lowest BCUT2D eigenvalue weighted by atomic mass is 10.1. The Balaban J connectivity index is 2.05. The predicted molar refractivity (Wildman–Crippen MR) is 80.6 cm³/mol. The molecule has 5 heteroatoms. The molecule has 1 saturated carbocycles. The highest BCUT2D eigenvalue weighted by atomic mass is 79.9. The highest BCUT2D eigenvalue weighted by molar-refractivity contribution is 9.10. The molecule has 1 aliphatic rings. The lowest BCUT2D eigenvalue weighted by Gasteiger charge is -2.18. The van der Waals surface area contributed by atoms with Crippen LogP contribution >= 0.6 is 15.9 Å². The van der Waals surface area contributed by atoms with E-state index in [9.17, 15) is 4.79 Å². The van der Waals surface area contributed by atoms with E-state index in [-0.39, 0.29) is 24.5 Å². The number of hydrogen-bond acceptors (Lipinski definition) is 3. The van der Waals surface area contributed by atoms with Crippen LogP contribution in [0, 0.1) is 5.92 Å². The normalized spacial score (nSPS) is 15.8. The zero-order chi connectivity index (χ0) is 14.5. The smallest absolute Gasteiger partial charge is 0.223 e. The Bertz CT molecular complexity index is 474. The van der Waals surface area contributed by atoms with Gasteiger partial charge in [-0.3, -0.25) is 4.79 Å². The fourth-order valence-corrected chi connectivity index (χ4v) is 2.33. The molecule has 1 aliphatic carbocycles.